The highest BCUT2D eigenvalue weighted by Crippen LogP contribution is 2.59. The van der Waals surface area contributed by atoms with Crippen molar-refractivity contribution in [2.24, 2.45) is 17.8 Å². The molecule has 0 amide bonds. The predicted octanol–water partition coefficient (Wildman–Crippen LogP) is 3.94. The van der Waals surface area contributed by atoms with Crippen molar-refractivity contribution in [2.75, 3.05) is 0 Å². The Morgan fingerprint density at radius 1 is 1.31 bits per heavy atom. The Morgan fingerprint density at radius 3 is 2.81 bits per heavy atom. The van der Waals surface area contributed by atoms with Gasteiger partial charge < -0.3 is 4.74 Å². The number of ether oxygens (including phenoxy) is 1. The van der Waals surface area contributed by atoms with E-state index in [4.69, 9.17) is 4.74 Å². The number of hydrogen-bond donors (Lipinski definition) is 0. The summed E-state index contributed by atoms with van der Waals surface area (Å²) in [5.74, 6) is 2.34. The van der Waals surface area contributed by atoms with Crippen LogP contribution in [0.1, 0.15) is 53.4 Å². The molecule has 1 heteroatoms. The zero-order chi connectivity index (χ0) is 11.6. The molecule has 1 saturated carbocycles. The maximum absolute atomic E-state index is 6.58. The van der Waals surface area contributed by atoms with Crippen LogP contribution in [-0.4, -0.2) is 11.2 Å². The summed E-state index contributed by atoms with van der Waals surface area (Å²) in [4.78, 5) is 0. The minimum atomic E-state index is 0.0951. The fourth-order valence-electron chi connectivity index (χ4n) is 4.44. The number of allylic oxidation sites excluding steroid dienone is 1. The van der Waals surface area contributed by atoms with E-state index in [1.807, 2.05) is 0 Å². The Kier molecular flexibility index (Phi) is 2.12. The van der Waals surface area contributed by atoms with Crippen molar-refractivity contribution in [1.29, 1.82) is 0 Å². The summed E-state index contributed by atoms with van der Waals surface area (Å²) in [5, 5.41) is 0. The summed E-state index contributed by atoms with van der Waals surface area (Å²) < 4.78 is 6.58. The lowest BCUT2D eigenvalue weighted by Gasteiger charge is -2.39. The van der Waals surface area contributed by atoms with Crippen LogP contribution in [0.25, 0.3) is 0 Å². The molecule has 0 aromatic rings. The van der Waals surface area contributed by atoms with Crippen LogP contribution in [-0.2, 0) is 4.74 Å². The standard InChI is InChI=1S/C15H24O/c1-10-5-7-12-9-15(16-14(12,3)4)11(2)6-8-13(10)15/h6,10,12-13H,5,7-9H2,1-4H3. The SMILES string of the molecule is CC1=CCC2C(C)CCC3CC12OC3(C)C. The highest BCUT2D eigenvalue weighted by Gasteiger charge is 2.59. The molecule has 1 saturated heterocycles. The van der Waals surface area contributed by atoms with Gasteiger partial charge >= 0.3 is 0 Å². The summed E-state index contributed by atoms with van der Waals surface area (Å²) in [7, 11) is 0. The van der Waals surface area contributed by atoms with E-state index in [9.17, 15) is 0 Å². The molecule has 0 N–H and O–H groups in total. The van der Waals surface area contributed by atoms with E-state index in [0.29, 0.717) is 0 Å². The maximum Gasteiger partial charge on any atom is 0.0933 e. The van der Waals surface area contributed by atoms with Crippen LogP contribution in [0.15, 0.2) is 11.6 Å². The second-order valence-corrected chi connectivity index (χ2v) is 6.78. The van der Waals surface area contributed by atoms with E-state index >= 15 is 0 Å². The van der Waals surface area contributed by atoms with Crippen LogP contribution in [0.5, 0.6) is 0 Å². The molecule has 2 aliphatic carbocycles. The molecule has 0 aromatic carbocycles. The van der Waals surface area contributed by atoms with Crippen molar-refractivity contribution in [3.05, 3.63) is 11.6 Å². The summed E-state index contributed by atoms with van der Waals surface area (Å²) in [5.41, 5.74) is 1.73. The van der Waals surface area contributed by atoms with Gasteiger partial charge in [-0.15, -0.1) is 0 Å². The minimum absolute atomic E-state index is 0.0951. The van der Waals surface area contributed by atoms with Crippen LogP contribution in [0, 0.1) is 17.8 Å². The second kappa shape index (κ2) is 3.13. The van der Waals surface area contributed by atoms with E-state index in [1.54, 1.807) is 0 Å². The van der Waals surface area contributed by atoms with E-state index < -0.39 is 0 Å². The molecule has 1 nitrogen and oxygen atoms in total. The highest BCUT2D eigenvalue weighted by atomic mass is 16.5. The Balaban J connectivity index is 2.04. The van der Waals surface area contributed by atoms with Gasteiger partial charge in [-0.25, -0.2) is 0 Å². The molecule has 0 radical (unpaired) electrons. The van der Waals surface area contributed by atoms with Crippen molar-refractivity contribution >= 4 is 0 Å². The van der Waals surface area contributed by atoms with Crippen molar-refractivity contribution in [3.8, 4) is 0 Å². The van der Waals surface area contributed by atoms with Gasteiger partial charge in [0.25, 0.3) is 0 Å². The molecule has 1 spiro atoms. The first-order valence-electron chi connectivity index (χ1n) is 6.83. The molecule has 3 aliphatic rings. The van der Waals surface area contributed by atoms with Crippen LogP contribution >= 0.6 is 0 Å². The zero-order valence-corrected chi connectivity index (χ0v) is 11.0. The van der Waals surface area contributed by atoms with Gasteiger partial charge in [-0.05, 0) is 69.8 Å². The first kappa shape index (κ1) is 10.8. The molecule has 3 rings (SSSR count). The second-order valence-electron chi connectivity index (χ2n) is 6.78. The normalized spacial score (nSPS) is 49.8. The molecule has 2 bridgehead atoms. The number of rotatable bonds is 0. The molecule has 0 aromatic heterocycles. The van der Waals surface area contributed by atoms with Gasteiger partial charge in [0.05, 0.1) is 11.2 Å². The Morgan fingerprint density at radius 2 is 2.06 bits per heavy atom. The van der Waals surface area contributed by atoms with Gasteiger partial charge in [-0.2, -0.15) is 0 Å². The summed E-state index contributed by atoms with van der Waals surface area (Å²) >= 11 is 0. The maximum atomic E-state index is 6.58. The van der Waals surface area contributed by atoms with Crippen molar-refractivity contribution in [3.63, 3.8) is 0 Å². The first-order chi connectivity index (χ1) is 7.46. The van der Waals surface area contributed by atoms with E-state index in [-0.39, 0.29) is 11.2 Å². The van der Waals surface area contributed by atoms with Gasteiger partial charge in [0, 0.05) is 0 Å². The smallest absolute Gasteiger partial charge is 0.0933 e. The minimum Gasteiger partial charge on any atom is -0.364 e. The zero-order valence-electron chi connectivity index (χ0n) is 11.0. The van der Waals surface area contributed by atoms with Gasteiger partial charge in [0.1, 0.15) is 0 Å². The Labute approximate surface area is 99.3 Å². The lowest BCUT2D eigenvalue weighted by molar-refractivity contribution is -0.114. The molecule has 4 unspecified atom stereocenters. The van der Waals surface area contributed by atoms with Crippen LogP contribution < -0.4 is 0 Å². The van der Waals surface area contributed by atoms with Crippen molar-refractivity contribution in [2.45, 2.75) is 64.6 Å². The van der Waals surface area contributed by atoms with Crippen LogP contribution in [0.4, 0.5) is 0 Å². The molecular formula is C15H24O. The van der Waals surface area contributed by atoms with E-state index in [2.05, 4.69) is 33.8 Å². The van der Waals surface area contributed by atoms with Gasteiger partial charge in [-0.1, -0.05) is 13.0 Å². The molecule has 90 valence electrons. The first-order valence-corrected chi connectivity index (χ1v) is 6.83. The van der Waals surface area contributed by atoms with Gasteiger partial charge in [0.2, 0.25) is 0 Å². The molecule has 2 fully saturated rings. The van der Waals surface area contributed by atoms with Crippen molar-refractivity contribution < 1.29 is 4.74 Å². The lowest BCUT2D eigenvalue weighted by Crippen LogP contribution is -2.41. The average molecular weight is 220 g/mol. The van der Waals surface area contributed by atoms with Gasteiger partial charge in [-0.3, -0.25) is 0 Å². The quantitative estimate of drug-likeness (QED) is 0.562. The lowest BCUT2D eigenvalue weighted by atomic mass is 9.77. The topological polar surface area (TPSA) is 9.23 Å². The molecule has 1 heterocycles. The van der Waals surface area contributed by atoms with E-state index in [1.165, 1.54) is 31.3 Å². The molecule has 1 aliphatic heterocycles. The summed E-state index contributed by atoms with van der Waals surface area (Å²) in [6, 6.07) is 0. The third-order valence-electron chi connectivity index (χ3n) is 5.58. The molecule has 4 atom stereocenters. The highest BCUT2D eigenvalue weighted by molar-refractivity contribution is 5.28. The third-order valence-corrected chi connectivity index (χ3v) is 5.58. The molecule has 16 heavy (non-hydrogen) atoms. The third kappa shape index (κ3) is 1.21. The fourth-order valence-corrected chi connectivity index (χ4v) is 4.44. The largest absolute Gasteiger partial charge is 0.364 e. The average Bonchev–Trinajstić information content (AvgIpc) is 2.57. The number of fused-ring (bicyclic) bond motifs is 1. The van der Waals surface area contributed by atoms with Gasteiger partial charge in [0.15, 0.2) is 0 Å². The molecular weight excluding hydrogens is 196 g/mol. The summed E-state index contributed by atoms with van der Waals surface area (Å²) in [6.07, 6.45) is 7.71. The Hall–Kier alpha value is -0.300. The Bertz CT molecular complexity index is 341. The van der Waals surface area contributed by atoms with Crippen LogP contribution in [0.3, 0.4) is 0 Å². The van der Waals surface area contributed by atoms with Crippen molar-refractivity contribution in [1.82, 2.24) is 0 Å². The summed E-state index contributed by atoms with van der Waals surface area (Å²) in [6.45, 7) is 9.31. The fraction of sp³-hybridized carbons (Fsp3) is 0.867. The number of hydrogen-bond acceptors (Lipinski definition) is 1. The predicted molar refractivity (Wildman–Crippen MR) is 66.3 cm³/mol. The van der Waals surface area contributed by atoms with E-state index in [0.717, 1.165) is 17.8 Å². The van der Waals surface area contributed by atoms with Crippen LogP contribution in [0.2, 0.25) is 0 Å². The monoisotopic (exact) mass is 220 g/mol.